The minimum atomic E-state index is -0.174. The number of benzene rings is 1. The minimum absolute atomic E-state index is 0.149. The highest BCUT2D eigenvalue weighted by atomic mass is 16.2. The van der Waals surface area contributed by atoms with E-state index >= 15 is 0 Å². The number of carbonyl (C=O) groups excluding carboxylic acids is 1. The van der Waals surface area contributed by atoms with E-state index in [0.29, 0.717) is 6.54 Å². The maximum Gasteiger partial charge on any atom is 0.230 e. The summed E-state index contributed by atoms with van der Waals surface area (Å²) in [6, 6.07) is 7.73. The largest absolute Gasteiger partial charge is 0.326 e. The molecule has 0 spiro atoms. The number of anilines is 1. The van der Waals surface area contributed by atoms with Crippen molar-refractivity contribution in [2.75, 3.05) is 5.32 Å². The van der Waals surface area contributed by atoms with E-state index in [4.69, 9.17) is 5.73 Å². The number of rotatable bonds is 3. The average Bonchev–Trinajstić information content (AvgIpc) is 2.78. The van der Waals surface area contributed by atoms with Crippen molar-refractivity contribution in [2.24, 2.45) is 11.1 Å². The molecule has 3 N–H and O–H groups in total. The minimum Gasteiger partial charge on any atom is -0.326 e. The van der Waals surface area contributed by atoms with Crippen LogP contribution in [0, 0.1) is 5.41 Å². The van der Waals surface area contributed by atoms with Gasteiger partial charge in [0.05, 0.1) is 0 Å². The molecule has 0 atom stereocenters. The van der Waals surface area contributed by atoms with Gasteiger partial charge >= 0.3 is 0 Å². The van der Waals surface area contributed by atoms with Crippen molar-refractivity contribution in [3.8, 4) is 0 Å². The predicted octanol–water partition coefficient (Wildman–Crippen LogP) is 2.66. The van der Waals surface area contributed by atoms with Gasteiger partial charge in [0.15, 0.2) is 0 Å². The molecule has 1 aliphatic carbocycles. The third-order valence-electron chi connectivity index (χ3n) is 3.70. The standard InChI is InChI=1S/C14H20N2O/c1-14(8-2-3-9-14)13(17)16-12-6-4-11(10-15)5-7-12/h4-7H,2-3,8-10,15H2,1H3,(H,16,17). The van der Waals surface area contributed by atoms with Gasteiger partial charge in [-0.1, -0.05) is 31.9 Å². The third-order valence-corrected chi connectivity index (χ3v) is 3.70. The van der Waals surface area contributed by atoms with Crippen molar-refractivity contribution >= 4 is 11.6 Å². The average molecular weight is 232 g/mol. The Labute approximate surface area is 102 Å². The van der Waals surface area contributed by atoms with Crippen LogP contribution < -0.4 is 11.1 Å². The molecule has 0 bridgehead atoms. The molecule has 1 fully saturated rings. The van der Waals surface area contributed by atoms with Crippen LogP contribution in [0.25, 0.3) is 0 Å². The predicted molar refractivity (Wildman–Crippen MR) is 69.5 cm³/mol. The molecule has 1 aromatic rings. The molecule has 2 rings (SSSR count). The normalized spacial score (nSPS) is 18.0. The smallest absolute Gasteiger partial charge is 0.230 e. The Bertz CT molecular complexity index is 391. The summed E-state index contributed by atoms with van der Waals surface area (Å²) in [5.41, 5.74) is 7.30. The van der Waals surface area contributed by atoms with Gasteiger partial charge in [0.1, 0.15) is 0 Å². The van der Waals surface area contributed by atoms with Gasteiger partial charge in [0, 0.05) is 17.6 Å². The lowest BCUT2D eigenvalue weighted by molar-refractivity contribution is -0.124. The fraction of sp³-hybridized carbons (Fsp3) is 0.500. The molecule has 92 valence electrons. The number of hydrogen-bond donors (Lipinski definition) is 2. The first-order chi connectivity index (χ1) is 8.14. The Morgan fingerprint density at radius 2 is 1.88 bits per heavy atom. The molecule has 0 radical (unpaired) electrons. The monoisotopic (exact) mass is 232 g/mol. The fourth-order valence-corrected chi connectivity index (χ4v) is 2.39. The number of hydrogen-bond acceptors (Lipinski definition) is 2. The molecule has 0 aliphatic heterocycles. The Morgan fingerprint density at radius 3 is 2.41 bits per heavy atom. The quantitative estimate of drug-likeness (QED) is 0.841. The molecule has 0 aromatic heterocycles. The number of nitrogens with one attached hydrogen (secondary N) is 1. The molecule has 1 aliphatic rings. The van der Waals surface area contributed by atoms with E-state index in [0.717, 1.165) is 36.9 Å². The van der Waals surface area contributed by atoms with Crippen LogP contribution in [0.3, 0.4) is 0 Å². The van der Waals surface area contributed by atoms with E-state index in [9.17, 15) is 4.79 Å². The van der Waals surface area contributed by atoms with Crippen molar-refractivity contribution in [1.82, 2.24) is 0 Å². The van der Waals surface area contributed by atoms with Gasteiger partial charge in [-0.05, 0) is 30.5 Å². The molecular weight excluding hydrogens is 212 g/mol. The van der Waals surface area contributed by atoms with E-state index < -0.39 is 0 Å². The van der Waals surface area contributed by atoms with Gasteiger partial charge in [-0.25, -0.2) is 0 Å². The van der Waals surface area contributed by atoms with Gasteiger partial charge in [-0.15, -0.1) is 0 Å². The van der Waals surface area contributed by atoms with E-state index in [1.165, 1.54) is 0 Å². The van der Waals surface area contributed by atoms with E-state index in [-0.39, 0.29) is 11.3 Å². The molecule has 3 nitrogen and oxygen atoms in total. The van der Waals surface area contributed by atoms with Crippen LogP contribution in [0.15, 0.2) is 24.3 Å². The van der Waals surface area contributed by atoms with Gasteiger partial charge in [0.2, 0.25) is 5.91 Å². The molecule has 1 aromatic carbocycles. The molecule has 0 saturated heterocycles. The maximum absolute atomic E-state index is 12.2. The first-order valence-electron chi connectivity index (χ1n) is 6.24. The zero-order chi connectivity index (χ0) is 12.3. The van der Waals surface area contributed by atoms with Crippen molar-refractivity contribution in [3.63, 3.8) is 0 Å². The van der Waals surface area contributed by atoms with Crippen LogP contribution >= 0.6 is 0 Å². The Balaban J connectivity index is 2.02. The van der Waals surface area contributed by atoms with E-state index in [2.05, 4.69) is 12.2 Å². The summed E-state index contributed by atoms with van der Waals surface area (Å²) in [4.78, 5) is 12.2. The summed E-state index contributed by atoms with van der Waals surface area (Å²) < 4.78 is 0. The molecule has 0 unspecified atom stereocenters. The lowest BCUT2D eigenvalue weighted by atomic mass is 9.88. The summed E-state index contributed by atoms with van der Waals surface area (Å²) in [6.45, 7) is 2.59. The zero-order valence-electron chi connectivity index (χ0n) is 10.3. The fourth-order valence-electron chi connectivity index (χ4n) is 2.39. The van der Waals surface area contributed by atoms with Crippen LogP contribution in [0.4, 0.5) is 5.69 Å². The van der Waals surface area contributed by atoms with Crippen LogP contribution in [0.5, 0.6) is 0 Å². The SMILES string of the molecule is CC1(C(=O)Nc2ccc(CN)cc2)CCCC1. The molecule has 1 amide bonds. The lowest BCUT2D eigenvalue weighted by Crippen LogP contribution is -2.30. The summed E-state index contributed by atoms with van der Waals surface area (Å²) in [5, 5.41) is 3.00. The highest BCUT2D eigenvalue weighted by Crippen LogP contribution is 2.38. The van der Waals surface area contributed by atoms with Gasteiger partial charge in [-0.3, -0.25) is 4.79 Å². The third kappa shape index (κ3) is 2.67. The highest BCUT2D eigenvalue weighted by molar-refractivity contribution is 5.95. The molecule has 17 heavy (non-hydrogen) atoms. The van der Waals surface area contributed by atoms with Crippen molar-refractivity contribution in [1.29, 1.82) is 0 Å². The Hall–Kier alpha value is -1.35. The number of nitrogens with two attached hydrogens (primary N) is 1. The molecular formula is C14H20N2O. The van der Waals surface area contributed by atoms with Crippen LogP contribution in [0.1, 0.15) is 38.2 Å². The zero-order valence-corrected chi connectivity index (χ0v) is 10.3. The topological polar surface area (TPSA) is 55.1 Å². The van der Waals surface area contributed by atoms with Gasteiger partial charge in [0.25, 0.3) is 0 Å². The number of carbonyl (C=O) groups is 1. The van der Waals surface area contributed by atoms with Crippen LogP contribution in [-0.2, 0) is 11.3 Å². The molecule has 1 saturated carbocycles. The summed E-state index contributed by atoms with van der Waals surface area (Å²) >= 11 is 0. The van der Waals surface area contributed by atoms with E-state index in [1.807, 2.05) is 24.3 Å². The summed E-state index contributed by atoms with van der Waals surface area (Å²) in [6.07, 6.45) is 4.32. The molecule has 0 heterocycles. The second kappa shape index (κ2) is 4.88. The first-order valence-corrected chi connectivity index (χ1v) is 6.24. The molecule has 3 heteroatoms. The first kappa shape index (κ1) is 12.1. The van der Waals surface area contributed by atoms with Crippen molar-refractivity contribution in [2.45, 2.75) is 39.2 Å². The van der Waals surface area contributed by atoms with E-state index in [1.54, 1.807) is 0 Å². The van der Waals surface area contributed by atoms with Crippen LogP contribution in [0.2, 0.25) is 0 Å². The maximum atomic E-state index is 12.2. The van der Waals surface area contributed by atoms with Gasteiger partial charge < -0.3 is 11.1 Å². The second-order valence-corrected chi connectivity index (χ2v) is 5.12. The Morgan fingerprint density at radius 1 is 1.29 bits per heavy atom. The second-order valence-electron chi connectivity index (χ2n) is 5.12. The van der Waals surface area contributed by atoms with Crippen LogP contribution in [-0.4, -0.2) is 5.91 Å². The summed E-state index contributed by atoms with van der Waals surface area (Å²) in [7, 11) is 0. The number of amides is 1. The van der Waals surface area contributed by atoms with Crippen molar-refractivity contribution < 1.29 is 4.79 Å². The van der Waals surface area contributed by atoms with Gasteiger partial charge in [-0.2, -0.15) is 0 Å². The summed E-state index contributed by atoms with van der Waals surface area (Å²) in [5.74, 6) is 0.149. The van der Waals surface area contributed by atoms with Crippen molar-refractivity contribution in [3.05, 3.63) is 29.8 Å². The lowest BCUT2D eigenvalue weighted by Gasteiger charge is -2.22. The Kier molecular flexibility index (Phi) is 3.48. The highest BCUT2D eigenvalue weighted by Gasteiger charge is 2.36.